The highest BCUT2D eigenvalue weighted by Crippen LogP contribution is 2.25. The summed E-state index contributed by atoms with van der Waals surface area (Å²) in [4.78, 5) is 0. The summed E-state index contributed by atoms with van der Waals surface area (Å²) < 4.78 is 0. The summed E-state index contributed by atoms with van der Waals surface area (Å²) in [6, 6.07) is 13.2. The van der Waals surface area contributed by atoms with E-state index in [1.807, 2.05) is 24.3 Å². The van der Waals surface area contributed by atoms with E-state index >= 15 is 0 Å². The van der Waals surface area contributed by atoms with E-state index < -0.39 is 6.10 Å². The van der Waals surface area contributed by atoms with Crippen LogP contribution in [0, 0.1) is 0 Å². The summed E-state index contributed by atoms with van der Waals surface area (Å²) in [5.74, 6) is 0.318. The smallest absolute Gasteiger partial charge is 0.115 e. The highest BCUT2D eigenvalue weighted by atomic mass is 35.5. The van der Waals surface area contributed by atoms with Crippen molar-refractivity contribution in [1.29, 1.82) is 0 Å². The first kappa shape index (κ1) is 15.3. The fourth-order valence-electron chi connectivity index (χ4n) is 3.03. The number of aromatic hydroxyl groups is 1. The summed E-state index contributed by atoms with van der Waals surface area (Å²) in [5, 5.41) is 23.9. The Morgan fingerprint density at radius 3 is 2.86 bits per heavy atom. The lowest BCUT2D eigenvalue weighted by Gasteiger charge is -2.26. The second-order valence-electron chi connectivity index (χ2n) is 5.87. The lowest BCUT2D eigenvalue weighted by molar-refractivity contribution is 0.168. The van der Waals surface area contributed by atoms with Crippen molar-refractivity contribution in [3.8, 4) is 5.75 Å². The topological polar surface area (TPSA) is 52.5 Å². The lowest BCUT2D eigenvalue weighted by Crippen LogP contribution is -2.37. The Labute approximate surface area is 135 Å². The van der Waals surface area contributed by atoms with Crippen LogP contribution < -0.4 is 5.32 Å². The number of hydrogen-bond acceptors (Lipinski definition) is 3. The predicted octanol–water partition coefficient (Wildman–Crippen LogP) is 3.23. The molecule has 3 rings (SSSR count). The summed E-state index contributed by atoms with van der Waals surface area (Å²) in [5.41, 5.74) is 3.33. The average molecular weight is 318 g/mol. The van der Waals surface area contributed by atoms with Crippen LogP contribution in [0.3, 0.4) is 0 Å². The molecule has 22 heavy (non-hydrogen) atoms. The first-order valence-electron chi connectivity index (χ1n) is 7.59. The number of aliphatic hydroxyl groups is 1. The van der Waals surface area contributed by atoms with Gasteiger partial charge >= 0.3 is 0 Å². The fourth-order valence-corrected chi connectivity index (χ4v) is 3.23. The Kier molecular flexibility index (Phi) is 4.67. The van der Waals surface area contributed by atoms with Crippen molar-refractivity contribution in [2.75, 3.05) is 6.54 Å². The molecule has 0 amide bonds. The van der Waals surface area contributed by atoms with Crippen molar-refractivity contribution in [3.05, 3.63) is 64.2 Å². The van der Waals surface area contributed by atoms with Crippen LogP contribution >= 0.6 is 11.6 Å². The third-order valence-corrected chi connectivity index (χ3v) is 4.49. The number of fused-ring (bicyclic) bond motifs is 1. The standard InChI is InChI=1S/C18H20ClNO2/c19-15-3-1-2-13(8-15)18(22)11-20-16-6-4-12-5-7-17(21)10-14(12)9-16/h1-3,5,7-8,10,16,18,20-22H,4,6,9,11H2/t16-,18?/m0/s1. The Morgan fingerprint density at radius 1 is 1.18 bits per heavy atom. The zero-order valence-corrected chi connectivity index (χ0v) is 13.1. The number of rotatable bonds is 4. The number of phenolic OH excluding ortho intramolecular Hbond substituents is 1. The summed E-state index contributed by atoms with van der Waals surface area (Å²) in [6.45, 7) is 0.499. The zero-order chi connectivity index (χ0) is 15.5. The van der Waals surface area contributed by atoms with E-state index in [0.29, 0.717) is 23.4 Å². The number of hydrogen-bond donors (Lipinski definition) is 3. The van der Waals surface area contributed by atoms with Crippen molar-refractivity contribution in [2.45, 2.75) is 31.4 Å². The molecule has 1 unspecified atom stereocenters. The number of nitrogens with one attached hydrogen (secondary N) is 1. The van der Waals surface area contributed by atoms with Crippen LogP contribution in [0.5, 0.6) is 5.75 Å². The third kappa shape index (κ3) is 3.61. The number of halogens is 1. The highest BCUT2D eigenvalue weighted by Gasteiger charge is 2.19. The van der Waals surface area contributed by atoms with E-state index in [1.54, 1.807) is 18.2 Å². The van der Waals surface area contributed by atoms with Crippen LogP contribution in [0.2, 0.25) is 5.02 Å². The maximum absolute atomic E-state index is 10.3. The van der Waals surface area contributed by atoms with Gasteiger partial charge in [-0.25, -0.2) is 0 Å². The summed E-state index contributed by atoms with van der Waals surface area (Å²) in [6.07, 6.45) is 2.36. The summed E-state index contributed by atoms with van der Waals surface area (Å²) in [7, 11) is 0. The molecule has 1 aliphatic rings. The van der Waals surface area contributed by atoms with Crippen LogP contribution in [0.15, 0.2) is 42.5 Å². The van der Waals surface area contributed by atoms with Gasteiger partial charge in [0, 0.05) is 17.6 Å². The van der Waals surface area contributed by atoms with Gasteiger partial charge in [-0.1, -0.05) is 29.8 Å². The molecular formula is C18H20ClNO2. The SMILES string of the molecule is Oc1ccc2c(c1)C[C@@H](NCC(O)c1cccc(Cl)c1)CC2. The normalized spacial score (nSPS) is 18.7. The van der Waals surface area contributed by atoms with E-state index in [1.165, 1.54) is 11.1 Å². The Bertz CT molecular complexity index is 659. The number of aliphatic hydroxyl groups excluding tert-OH is 1. The van der Waals surface area contributed by atoms with Crippen LogP contribution in [0.4, 0.5) is 0 Å². The number of phenols is 1. The van der Waals surface area contributed by atoms with Gasteiger partial charge in [0.25, 0.3) is 0 Å². The van der Waals surface area contributed by atoms with Crippen LogP contribution in [-0.2, 0) is 12.8 Å². The molecule has 0 saturated carbocycles. The number of aryl methyl sites for hydroxylation is 1. The molecule has 4 heteroatoms. The molecule has 0 fully saturated rings. The second kappa shape index (κ2) is 6.69. The van der Waals surface area contributed by atoms with Gasteiger partial charge in [0.15, 0.2) is 0 Å². The van der Waals surface area contributed by atoms with Crippen molar-refractivity contribution >= 4 is 11.6 Å². The van der Waals surface area contributed by atoms with Gasteiger partial charge in [-0.2, -0.15) is 0 Å². The van der Waals surface area contributed by atoms with Crippen molar-refractivity contribution in [1.82, 2.24) is 5.32 Å². The zero-order valence-electron chi connectivity index (χ0n) is 12.3. The van der Waals surface area contributed by atoms with Gasteiger partial charge in [-0.05, 0) is 60.2 Å². The molecule has 0 spiro atoms. The molecule has 3 nitrogen and oxygen atoms in total. The van der Waals surface area contributed by atoms with Crippen molar-refractivity contribution < 1.29 is 10.2 Å². The largest absolute Gasteiger partial charge is 0.508 e. The molecule has 0 heterocycles. The maximum atomic E-state index is 10.3. The monoisotopic (exact) mass is 317 g/mol. The Morgan fingerprint density at radius 2 is 2.05 bits per heavy atom. The van der Waals surface area contributed by atoms with Crippen molar-refractivity contribution in [3.63, 3.8) is 0 Å². The van der Waals surface area contributed by atoms with Gasteiger partial charge in [-0.15, -0.1) is 0 Å². The van der Waals surface area contributed by atoms with Gasteiger partial charge < -0.3 is 15.5 Å². The summed E-state index contributed by atoms with van der Waals surface area (Å²) >= 11 is 5.95. The number of benzene rings is 2. The average Bonchev–Trinajstić information content (AvgIpc) is 2.52. The maximum Gasteiger partial charge on any atom is 0.115 e. The quantitative estimate of drug-likeness (QED) is 0.811. The minimum Gasteiger partial charge on any atom is -0.508 e. The predicted molar refractivity (Wildman–Crippen MR) is 88.3 cm³/mol. The lowest BCUT2D eigenvalue weighted by atomic mass is 9.88. The van der Waals surface area contributed by atoms with Gasteiger partial charge in [0.05, 0.1) is 6.10 Å². The molecule has 0 aliphatic heterocycles. The van der Waals surface area contributed by atoms with Gasteiger partial charge in [-0.3, -0.25) is 0 Å². The van der Waals surface area contributed by atoms with Crippen molar-refractivity contribution in [2.24, 2.45) is 0 Å². The fraction of sp³-hybridized carbons (Fsp3) is 0.333. The molecule has 0 saturated heterocycles. The molecule has 2 aromatic rings. The first-order chi connectivity index (χ1) is 10.6. The van der Waals surface area contributed by atoms with Crippen LogP contribution in [0.1, 0.15) is 29.2 Å². The minimum atomic E-state index is -0.565. The van der Waals surface area contributed by atoms with E-state index in [2.05, 4.69) is 5.32 Å². The van der Waals surface area contributed by atoms with Crippen LogP contribution in [0.25, 0.3) is 0 Å². The Hall–Kier alpha value is -1.55. The molecule has 1 aliphatic carbocycles. The molecule has 0 radical (unpaired) electrons. The molecule has 2 aromatic carbocycles. The first-order valence-corrected chi connectivity index (χ1v) is 7.97. The molecular weight excluding hydrogens is 298 g/mol. The minimum absolute atomic E-state index is 0.318. The van der Waals surface area contributed by atoms with E-state index in [0.717, 1.165) is 24.8 Å². The Balaban J connectivity index is 1.58. The molecule has 0 aromatic heterocycles. The highest BCUT2D eigenvalue weighted by molar-refractivity contribution is 6.30. The molecule has 116 valence electrons. The molecule has 3 N–H and O–H groups in total. The van der Waals surface area contributed by atoms with Gasteiger partial charge in [0.1, 0.15) is 5.75 Å². The van der Waals surface area contributed by atoms with E-state index in [9.17, 15) is 10.2 Å². The van der Waals surface area contributed by atoms with Crippen LogP contribution in [-0.4, -0.2) is 22.8 Å². The molecule has 0 bridgehead atoms. The van der Waals surface area contributed by atoms with E-state index in [-0.39, 0.29) is 0 Å². The second-order valence-corrected chi connectivity index (χ2v) is 6.31. The van der Waals surface area contributed by atoms with Gasteiger partial charge in [0.2, 0.25) is 0 Å². The molecule has 2 atom stereocenters. The third-order valence-electron chi connectivity index (χ3n) is 4.25. The van der Waals surface area contributed by atoms with E-state index in [4.69, 9.17) is 11.6 Å².